The highest BCUT2D eigenvalue weighted by atomic mass is 32.1. The number of nitrogens with zero attached hydrogens (tertiary/aromatic N) is 3. The number of hydrogen-bond donors (Lipinski definition) is 0. The maximum Gasteiger partial charge on any atom is 0.237 e. The summed E-state index contributed by atoms with van der Waals surface area (Å²) in [4.78, 5) is 22.6. The molecule has 1 aromatic rings. The fourth-order valence-corrected chi connectivity index (χ4v) is 4.01. The smallest absolute Gasteiger partial charge is 0.237 e. The monoisotopic (exact) mass is 323 g/mol. The molecular weight excluding hydrogens is 294 g/mol. The van der Waals surface area contributed by atoms with Crippen LogP contribution >= 0.6 is 11.3 Å². The molecule has 0 saturated carbocycles. The van der Waals surface area contributed by atoms with Crippen molar-refractivity contribution < 1.29 is 4.79 Å². The Labute approximate surface area is 138 Å². The first-order valence-electron chi connectivity index (χ1n) is 8.41. The molecule has 1 aliphatic rings. The highest BCUT2D eigenvalue weighted by Crippen LogP contribution is 2.26. The van der Waals surface area contributed by atoms with Gasteiger partial charge in [0.15, 0.2) is 0 Å². The quantitative estimate of drug-likeness (QED) is 0.850. The molecule has 0 spiro atoms. The number of thiazole rings is 1. The second-order valence-electron chi connectivity index (χ2n) is 6.40. The molecule has 1 amide bonds. The average molecular weight is 324 g/mol. The third-order valence-corrected chi connectivity index (χ3v) is 5.52. The van der Waals surface area contributed by atoms with E-state index in [0.29, 0.717) is 6.54 Å². The van der Waals surface area contributed by atoms with Crippen LogP contribution < -0.4 is 0 Å². The summed E-state index contributed by atoms with van der Waals surface area (Å²) in [6, 6.07) is 0.0483. The van der Waals surface area contributed by atoms with Crippen molar-refractivity contribution in [1.82, 2.24) is 14.8 Å². The lowest BCUT2D eigenvalue weighted by Gasteiger charge is -2.29. The number of carbonyl (C=O) groups excluding carboxylic acids is 1. The van der Waals surface area contributed by atoms with Crippen molar-refractivity contribution in [2.45, 2.75) is 58.9 Å². The van der Waals surface area contributed by atoms with E-state index in [1.54, 1.807) is 11.3 Å². The molecule has 5 heteroatoms. The molecular formula is C17H29N3OS. The molecule has 0 aromatic carbocycles. The van der Waals surface area contributed by atoms with Gasteiger partial charge in [-0.15, -0.1) is 11.3 Å². The van der Waals surface area contributed by atoms with Crippen LogP contribution in [0.2, 0.25) is 0 Å². The lowest BCUT2D eigenvalue weighted by Crippen LogP contribution is -2.40. The number of rotatable bonds is 4. The fourth-order valence-electron chi connectivity index (χ4n) is 3.11. The largest absolute Gasteiger partial charge is 0.336 e. The van der Waals surface area contributed by atoms with E-state index < -0.39 is 0 Å². The number of hydrogen-bond acceptors (Lipinski definition) is 4. The molecule has 2 rings (SSSR count). The van der Waals surface area contributed by atoms with Crippen LogP contribution in [0.5, 0.6) is 0 Å². The molecule has 124 valence electrons. The van der Waals surface area contributed by atoms with E-state index in [9.17, 15) is 4.79 Å². The van der Waals surface area contributed by atoms with Gasteiger partial charge in [-0.25, -0.2) is 4.98 Å². The van der Waals surface area contributed by atoms with Crippen molar-refractivity contribution in [3.8, 4) is 0 Å². The van der Waals surface area contributed by atoms with Gasteiger partial charge in [0.05, 0.1) is 23.3 Å². The third-order valence-electron chi connectivity index (χ3n) is 4.62. The molecule has 0 radical (unpaired) electrons. The molecule has 22 heavy (non-hydrogen) atoms. The molecule has 2 heterocycles. The highest BCUT2D eigenvalue weighted by molar-refractivity contribution is 7.11. The molecule has 0 bridgehead atoms. The lowest BCUT2D eigenvalue weighted by molar-refractivity contribution is -0.133. The molecule has 1 atom stereocenters. The number of carbonyl (C=O) groups is 1. The SMILES string of the molecule is Cc1nc([C@@H](C)N(C)C(=O)CN2CCCCCCC2)c(C)s1. The Kier molecular flexibility index (Phi) is 6.38. The zero-order valence-electron chi connectivity index (χ0n) is 14.4. The zero-order chi connectivity index (χ0) is 16.1. The number of amides is 1. The van der Waals surface area contributed by atoms with Crippen LogP contribution in [0.25, 0.3) is 0 Å². The van der Waals surface area contributed by atoms with Crippen molar-refractivity contribution in [3.05, 3.63) is 15.6 Å². The predicted molar refractivity (Wildman–Crippen MR) is 92.3 cm³/mol. The summed E-state index contributed by atoms with van der Waals surface area (Å²) in [5.41, 5.74) is 1.05. The van der Waals surface area contributed by atoms with Gasteiger partial charge < -0.3 is 4.90 Å². The standard InChI is InChI=1S/C17H29N3OS/c1-13(17-14(2)22-15(3)18-17)19(4)16(21)12-20-10-8-6-5-7-9-11-20/h13H,5-12H2,1-4H3/t13-/m1/s1. The molecule has 4 nitrogen and oxygen atoms in total. The number of likely N-dealkylation sites (tertiary alicyclic amines) is 1. The summed E-state index contributed by atoms with van der Waals surface area (Å²) < 4.78 is 0. The van der Waals surface area contributed by atoms with E-state index >= 15 is 0 Å². The van der Waals surface area contributed by atoms with E-state index in [2.05, 4.69) is 23.7 Å². The highest BCUT2D eigenvalue weighted by Gasteiger charge is 2.23. The minimum Gasteiger partial charge on any atom is -0.336 e. The van der Waals surface area contributed by atoms with Crippen molar-refractivity contribution >= 4 is 17.2 Å². The normalized spacial score (nSPS) is 18.5. The van der Waals surface area contributed by atoms with E-state index in [1.807, 2.05) is 18.9 Å². The molecule has 1 aliphatic heterocycles. The first-order chi connectivity index (χ1) is 10.5. The summed E-state index contributed by atoms with van der Waals surface area (Å²) in [6.45, 7) is 8.85. The Hall–Kier alpha value is -0.940. The van der Waals surface area contributed by atoms with Crippen LogP contribution in [0, 0.1) is 13.8 Å². The van der Waals surface area contributed by atoms with Crippen LogP contribution in [0.4, 0.5) is 0 Å². The summed E-state index contributed by atoms with van der Waals surface area (Å²) in [7, 11) is 1.91. The van der Waals surface area contributed by atoms with Crippen LogP contribution in [0.3, 0.4) is 0 Å². The second kappa shape index (κ2) is 8.06. The lowest BCUT2D eigenvalue weighted by atomic mass is 10.1. The molecule has 0 aliphatic carbocycles. The number of aryl methyl sites for hydroxylation is 2. The van der Waals surface area contributed by atoms with E-state index in [0.717, 1.165) is 23.8 Å². The van der Waals surface area contributed by atoms with Crippen molar-refractivity contribution in [2.75, 3.05) is 26.7 Å². The van der Waals surface area contributed by atoms with Crippen molar-refractivity contribution in [1.29, 1.82) is 0 Å². The van der Waals surface area contributed by atoms with E-state index in [4.69, 9.17) is 0 Å². The van der Waals surface area contributed by atoms with Crippen molar-refractivity contribution in [3.63, 3.8) is 0 Å². The Morgan fingerprint density at radius 3 is 2.36 bits per heavy atom. The van der Waals surface area contributed by atoms with Crippen LogP contribution in [-0.2, 0) is 4.79 Å². The van der Waals surface area contributed by atoms with Gasteiger partial charge >= 0.3 is 0 Å². The van der Waals surface area contributed by atoms with Crippen LogP contribution in [-0.4, -0.2) is 47.4 Å². The first kappa shape index (κ1) is 17.4. The third kappa shape index (κ3) is 4.53. The van der Waals surface area contributed by atoms with E-state index in [-0.39, 0.29) is 11.9 Å². The summed E-state index contributed by atoms with van der Waals surface area (Å²) >= 11 is 1.71. The topological polar surface area (TPSA) is 36.4 Å². The minimum absolute atomic E-state index is 0.0483. The molecule has 1 aromatic heterocycles. The second-order valence-corrected chi connectivity index (χ2v) is 7.81. The van der Waals surface area contributed by atoms with Gasteiger partial charge in [-0.2, -0.15) is 0 Å². The van der Waals surface area contributed by atoms with Crippen molar-refractivity contribution in [2.24, 2.45) is 0 Å². The van der Waals surface area contributed by atoms with Gasteiger partial charge in [0, 0.05) is 11.9 Å². The Balaban J connectivity index is 1.94. The maximum absolute atomic E-state index is 12.6. The average Bonchev–Trinajstić information content (AvgIpc) is 2.78. The van der Waals surface area contributed by atoms with Crippen LogP contribution in [0.1, 0.15) is 60.6 Å². The fraction of sp³-hybridized carbons (Fsp3) is 0.765. The Bertz CT molecular complexity index is 492. The van der Waals surface area contributed by atoms with Gasteiger partial charge in [0.25, 0.3) is 0 Å². The zero-order valence-corrected chi connectivity index (χ0v) is 15.2. The molecule has 0 unspecified atom stereocenters. The first-order valence-corrected chi connectivity index (χ1v) is 9.22. The van der Waals surface area contributed by atoms with Gasteiger partial charge in [-0.1, -0.05) is 19.3 Å². The Morgan fingerprint density at radius 2 is 1.82 bits per heavy atom. The van der Waals surface area contributed by atoms with Gasteiger partial charge in [0.1, 0.15) is 0 Å². The van der Waals surface area contributed by atoms with Gasteiger partial charge in [0.2, 0.25) is 5.91 Å². The molecule has 0 N–H and O–H groups in total. The molecule has 1 saturated heterocycles. The predicted octanol–water partition coefficient (Wildman–Crippen LogP) is 3.55. The molecule has 1 fully saturated rings. The number of likely N-dealkylation sites (N-methyl/N-ethyl adjacent to an activating group) is 1. The number of aromatic nitrogens is 1. The minimum atomic E-state index is 0.0483. The van der Waals surface area contributed by atoms with Gasteiger partial charge in [-0.05, 0) is 46.7 Å². The maximum atomic E-state index is 12.6. The Morgan fingerprint density at radius 1 is 1.23 bits per heavy atom. The van der Waals surface area contributed by atoms with Crippen LogP contribution in [0.15, 0.2) is 0 Å². The summed E-state index contributed by atoms with van der Waals surface area (Å²) in [6.07, 6.45) is 6.39. The van der Waals surface area contributed by atoms with E-state index in [1.165, 1.54) is 37.0 Å². The summed E-state index contributed by atoms with van der Waals surface area (Å²) in [5.74, 6) is 0.207. The van der Waals surface area contributed by atoms with Gasteiger partial charge in [-0.3, -0.25) is 9.69 Å². The summed E-state index contributed by atoms with van der Waals surface area (Å²) in [5, 5.41) is 1.07.